The van der Waals surface area contributed by atoms with Gasteiger partial charge in [-0.05, 0) is 42.8 Å². The highest BCUT2D eigenvalue weighted by Crippen LogP contribution is 2.29. The number of nitrogens with one attached hydrogen (secondary N) is 1. The smallest absolute Gasteiger partial charge is 0.249 e. The fourth-order valence-corrected chi connectivity index (χ4v) is 4.10. The van der Waals surface area contributed by atoms with Gasteiger partial charge in [-0.15, -0.1) is 11.3 Å². The van der Waals surface area contributed by atoms with Crippen LogP contribution in [0.25, 0.3) is 22.5 Å². The van der Waals surface area contributed by atoms with Crippen LogP contribution in [0.3, 0.4) is 0 Å². The molecule has 34 heavy (non-hydrogen) atoms. The molecule has 0 fully saturated rings. The molecule has 0 bridgehead atoms. The van der Waals surface area contributed by atoms with Gasteiger partial charge in [0.15, 0.2) is 11.5 Å². The number of ether oxygens (including phenoxy) is 3. The molecule has 2 heterocycles. The molecule has 0 saturated carbocycles. The lowest BCUT2D eigenvalue weighted by atomic mass is 10.2. The first-order valence-electron chi connectivity index (χ1n) is 10.4. The van der Waals surface area contributed by atoms with Crippen molar-refractivity contribution in [1.29, 1.82) is 0 Å². The lowest BCUT2D eigenvalue weighted by Gasteiger charge is -2.07. The zero-order valence-corrected chi connectivity index (χ0v) is 20.1. The molecular weight excluding hydrogens is 452 g/mol. The molecule has 0 aliphatic rings. The number of carbonyl (C=O) groups excluding carboxylic acids is 1. The first-order chi connectivity index (χ1) is 16.5. The molecule has 1 amide bonds. The van der Waals surface area contributed by atoms with E-state index in [4.69, 9.17) is 19.2 Å². The molecule has 0 aliphatic heterocycles. The standard InChI is InChI=1S/C25H24N4O4S/c1-16-12-23(27-24(30)11-9-17-8-10-21(32-3)22(13-17)33-4)29(28-16)25-26-20(15-34-25)18-6-5-7-19(14-18)31-2/h5-15H,1-4H3,(H,27,30). The molecule has 1 N–H and O–H groups in total. The third kappa shape index (κ3) is 5.10. The van der Waals surface area contributed by atoms with Crippen LogP contribution in [0.5, 0.6) is 17.2 Å². The summed E-state index contributed by atoms with van der Waals surface area (Å²) in [5.74, 6) is 2.22. The third-order valence-electron chi connectivity index (χ3n) is 4.96. The van der Waals surface area contributed by atoms with Gasteiger partial charge in [0, 0.05) is 23.1 Å². The third-order valence-corrected chi connectivity index (χ3v) is 5.77. The van der Waals surface area contributed by atoms with E-state index in [0.29, 0.717) is 22.4 Å². The summed E-state index contributed by atoms with van der Waals surface area (Å²) in [5.41, 5.74) is 3.31. The number of rotatable bonds is 8. The minimum atomic E-state index is -0.291. The van der Waals surface area contributed by atoms with Crippen molar-refractivity contribution in [2.45, 2.75) is 6.92 Å². The molecule has 0 unspecified atom stereocenters. The van der Waals surface area contributed by atoms with E-state index in [2.05, 4.69) is 10.4 Å². The Morgan fingerprint density at radius 1 is 1.03 bits per heavy atom. The minimum Gasteiger partial charge on any atom is -0.497 e. The van der Waals surface area contributed by atoms with Gasteiger partial charge >= 0.3 is 0 Å². The summed E-state index contributed by atoms with van der Waals surface area (Å²) in [5, 5.41) is 9.98. The number of carbonyl (C=O) groups is 1. The second-order valence-electron chi connectivity index (χ2n) is 7.27. The predicted molar refractivity (Wildman–Crippen MR) is 133 cm³/mol. The average Bonchev–Trinajstić information content (AvgIpc) is 3.49. The van der Waals surface area contributed by atoms with Crippen LogP contribution in [0.15, 0.2) is 60.0 Å². The van der Waals surface area contributed by atoms with E-state index < -0.39 is 0 Å². The number of hydrogen-bond acceptors (Lipinski definition) is 7. The summed E-state index contributed by atoms with van der Waals surface area (Å²) in [6, 6.07) is 14.9. The van der Waals surface area contributed by atoms with Crippen molar-refractivity contribution in [2.75, 3.05) is 26.6 Å². The van der Waals surface area contributed by atoms with Crippen LogP contribution in [-0.2, 0) is 4.79 Å². The van der Waals surface area contributed by atoms with E-state index in [1.165, 1.54) is 17.4 Å². The van der Waals surface area contributed by atoms with Crippen molar-refractivity contribution in [2.24, 2.45) is 0 Å². The summed E-state index contributed by atoms with van der Waals surface area (Å²) < 4.78 is 17.5. The monoisotopic (exact) mass is 476 g/mol. The Labute approximate surface area is 201 Å². The number of amides is 1. The van der Waals surface area contributed by atoms with E-state index in [0.717, 1.165) is 28.3 Å². The van der Waals surface area contributed by atoms with Crippen molar-refractivity contribution in [3.8, 4) is 33.6 Å². The number of aromatic nitrogens is 3. The molecule has 0 spiro atoms. The summed E-state index contributed by atoms with van der Waals surface area (Å²) in [6.07, 6.45) is 3.16. The van der Waals surface area contributed by atoms with Gasteiger partial charge in [-0.3, -0.25) is 4.79 Å². The predicted octanol–water partition coefficient (Wildman–Crippen LogP) is 4.98. The molecule has 174 valence electrons. The number of aryl methyl sites for hydroxylation is 1. The van der Waals surface area contributed by atoms with E-state index in [9.17, 15) is 4.79 Å². The van der Waals surface area contributed by atoms with Crippen molar-refractivity contribution in [1.82, 2.24) is 14.8 Å². The van der Waals surface area contributed by atoms with Gasteiger partial charge < -0.3 is 19.5 Å². The van der Waals surface area contributed by atoms with Crippen molar-refractivity contribution in [3.05, 3.63) is 71.2 Å². The topological polar surface area (TPSA) is 87.5 Å². The van der Waals surface area contributed by atoms with Gasteiger partial charge in [-0.1, -0.05) is 18.2 Å². The molecule has 0 saturated heterocycles. The van der Waals surface area contributed by atoms with Gasteiger partial charge in [-0.2, -0.15) is 9.78 Å². The van der Waals surface area contributed by atoms with Crippen molar-refractivity contribution < 1.29 is 19.0 Å². The molecule has 2 aromatic carbocycles. The Balaban J connectivity index is 1.52. The molecule has 0 radical (unpaired) electrons. The number of benzene rings is 2. The van der Waals surface area contributed by atoms with Crippen LogP contribution in [0, 0.1) is 6.92 Å². The maximum atomic E-state index is 12.6. The van der Waals surface area contributed by atoms with Gasteiger partial charge in [0.25, 0.3) is 0 Å². The summed E-state index contributed by atoms with van der Waals surface area (Å²) in [7, 11) is 4.78. The first kappa shape index (κ1) is 23.1. The van der Waals surface area contributed by atoms with Crippen LogP contribution < -0.4 is 19.5 Å². The molecule has 8 nitrogen and oxygen atoms in total. The second kappa shape index (κ2) is 10.2. The van der Waals surface area contributed by atoms with E-state index >= 15 is 0 Å². The average molecular weight is 477 g/mol. The fourth-order valence-electron chi connectivity index (χ4n) is 3.31. The van der Waals surface area contributed by atoms with Gasteiger partial charge in [0.05, 0.1) is 32.7 Å². The quantitative estimate of drug-likeness (QED) is 0.361. The van der Waals surface area contributed by atoms with Crippen LogP contribution in [0.1, 0.15) is 11.3 Å². The Bertz CT molecular complexity index is 1340. The highest BCUT2D eigenvalue weighted by atomic mass is 32.1. The minimum absolute atomic E-state index is 0.291. The fraction of sp³-hybridized carbons (Fsp3) is 0.160. The number of thiazole rings is 1. The molecule has 0 aliphatic carbocycles. The van der Waals surface area contributed by atoms with Gasteiger partial charge in [0.1, 0.15) is 11.6 Å². The lowest BCUT2D eigenvalue weighted by molar-refractivity contribution is -0.111. The first-order valence-corrected chi connectivity index (χ1v) is 11.3. The molecule has 2 aromatic heterocycles. The van der Waals surface area contributed by atoms with E-state index in [1.54, 1.807) is 50.3 Å². The molecule has 9 heteroatoms. The number of anilines is 1. The Morgan fingerprint density at radius 2 is 1.85 bits per heavy atom. The molecule has 0 atom stereocenters. The van der Waals surface area contributed by atoms with Crippen LogP contribution in [0.4, 0.5) is 5.82 Å². The largest absolute Gasteiger partial charge is 0.497 e. The maximum absolute atomic E-state index is 12.6. The Morgan fingerprint density at radius 3 is 2.62 bits per heavy atom. The lowest BCUT2D eigenvalue weighted by Crippen LogP contribution is -2.12. The zero-order chi connectivity index (χ0) is 24.1. The van der Waals surface area contributed by atoms with Crippen LogP contribution in [0.2, 0.25) is 0 Å². The van der Waals surface area contributed by atoms with Crippen LogP contribution in [-0.4, -0.2) is 42.0 Å². The summed E-state index contributed by atoms with van der Waals surface area (Å²) >= 11 is 1.44. The van der Waals surface area contributed by atoms with E-state index in [-0.39, 0.29) is 5.91 Å². The normalized spacial score (nSPS) is 10.9. The van der Waals surface area contributed by atoms with Gasteiger partial charge in [0.2, 0.25) is 11.0 Å². The number of hydrogen-bond donors (Lipinski definition) is 1. The van der Waals surface area contributed by atoms with E-state index in [1.807, 2.05) is 42.6 Å². The molecular formula is C25H24N4O4S. The van der Waals surface area contributed by atoms with Crippen molar-refractivity contribution in [3.63, 3.8) is 0 Å². The number of methoxy groups -OCH3 is 3. The molecule has 4 rings (SSSR count). The Kier molecular flexibility index (Phi) is 6.93. The summed E-state index contributed by atoms with van der Waals surface area (Å²) in [4.78, 5) is 17.3. The Hall–Kier alpha value is -4.11. The number of nitrogens with zero attached hydrogens (tertiary/aromatic N) is 3. The SMILES string of the molecule is COc1cccc(-c2csc(-n3nc(C)cc3NC(=O)C=Cc3ccc(OC)c(OC)c3)n2)c1. The van der Waals surface area contributed by atoms with Crippen LogP contribution >= 0.6 is 11.3 Å². The maximum Gasteiger partial charge on any atom is 0.249 e. The highest BCUT2D eigenvalue weighted by Gasteiger charge is 2.14. The van der Waals surface area contributed by atoms with Crippen molar-refractivity contribution >= 4 is 29.1 Å². The second-order valence-corrected chi connectivity index (χ2v) is 8.10. The zero-order valence-electron chi connectivity index (χ0n) is 19.2. The highest BCUT2D eigenvalue weighted by molar-refractivity contribution is 7.12. The molecule has 4 aromatic rings. The summed E-state index contributed by atoms with van der Waals surface area (Å²) in [6.45, 7) is 1.86. The van der Waals surface area contributed by atoms with Gasteiger partial charge in [-0.25, -0.2) is 4.98 Å².